The Bertz CT molecular complexity index is 786. The summed E-state index contributed by atoms with van der Waals surface area (Å²) in [4.78, 5) is 26.8. The fourth-order valence-electron chi connectivity index (χ4n) is 3.38. The summed E-state index contributed by atoms with van der Waals surface area (Å²) in [5, 5.41) is 3.04. The van der Waals surface area contributed by atoms with E-state index < -0.39 is 0 Å². The first-order chi connectivity index (χ1) is 12.0. The van der Waals surface area contributed by atoms with Crippen LogP contribution in [0.1, 0.15) is 36.1 Å². The van der Waals surface area contributed by atoms with Gasteiger partial charge in [0.1, 0.15) is 0 Å². The highest BCUT2D eigenvalue weighted by Crippen LogP contribution is 2.29. The zero-order chi connectivity index (χ0) is 18.0. The third-order valence-electron chi connectivity index (χ3n) is 4.80. The van der Waals surface area contributed by atoms with Crippen LogP contribution < -0.4 is 10.2 Å². The smallest absolute Gasteiger partial charge is 0.227 e. The Morgan fingerprint density at radius 2 is 1.88 bits per heavy atom. The van der Waals surface area contributed by atoms with E-state index in [1.807, 2.05) is 63.2 Å². The average molecular weight is 336 g/mol. The maximum atomic E-state index is 12.6. The van der Waals surface area contributed by atoms with Crippen LogP contribution >= 0.6 is 0 Å². The van der Waals surface area contributed by atoms with Crippen LogP contribution in [0, 0.1) is 19.8 Å². The zero-order valence-electron chi connectivity index (χ0n) is 15.0. The van der Waals surface area contributed by atoms with Gasteiger partial charge in [0, 0.05) is 18.7 Å². The van der Waals surface area contributed by atoms with Gasteiger partial charge in [-0.3, -0.25) is 9.59 Å². The summed E-state index contributed by atoms with van der Waals surface area (Å²) in [5.74, 6) is -0.351. The Hall–Kier alpha value is -2.62. The minimum atomic E-state index is -0.306. The first-order valence-corrected chi connectivity index (χ1v) is 8.68. The molecule has 4 nitrogen and oxygen atoms in total. The zero-order valence-corrected chi connectivity index (χ0v) is 15.0. The summed E-state index contributed by atoms with van der Waals surface area (Å²) >= 11 is 0. The van der Waals surface area contributed by atoms with Gasteiger partial charge in [-0.15, -0.1) is 0 Å². The molecule has 0 spiro atoms. The summed E-state index contributed by atoms with van der Waals surface area (Å²) in [6.07, 6.45) is 0.265. The van der Waals surface area contributed by atoms with E-state index in [1.165, 1.54) is 5.56 Å². The second-order valence-corrected chi connectivity index (χ2v) is 6.84. The monoisotopic (exact) mass is 336 g/mol. The van der Waals surface area contributed by atoms with Gasteiger partial charge in [0.2, 0.25) is 11.8 Å². The minimum absolute atomic E-state index is 0.0134. The maximum absolute atomic E-state index is 12.6. The number of hydrogen-bond acceptors (Lipinski definition) is 2. The lowest BCUT2D eigenvalue weighted by molar-refractivity contribution is -0.126. The molecule has 0 unspecified atom stereocenters. The summed E-state index contributed by atoms with van der Waals surface area (Å²) in [6, 6.07) is 15.8. The SMILES string of the molecule is Cc1ccc(N2C[C@H](C(=O)N[C@@H](C)c3ccccc3)CC2=O)c(C)c1. The molecule has 2 aromatic carbocycles. The Morgan fingerprint density at radius 1 is 1.16 bits per heavy atom. The van der Waals surface area contributed by atoms with E-state index in [1.54, 1.807) is 4.90 Å². The van der Waals surface area contributed by atoms with Crippen molar-refractivity contribution in [2.24, 2.45) is 5.92 Å². The van der Waals surface area contributed by atoms with E-state index in [2.05, 4.69) is 11.4 Å². The molecule has 25 heavy (non-hydrogen) atoms. The number of amides is 2. The van der Waals surface area contributed by atoms with Gasteiger partial charge in [0.25, 0.3) is 0 Å². The van der Waals surface area contributed by atoms with E-state index in [0.29, 0.717) is 6.54 Å². The van der Waals surface area contributed by atoms with Crippen LogP contribution in [0.25, 0.3) is 0 Å². The second kappa shape index (κ2) is 7.09. The minimum Gasteiger partial charge on any atom is -0.349 e. The average Bonchev–Trinajstić information content (AvgIpc) is 2.97. The fourth-order valence-corrected chi connectivity index (χ4v) is 3.38. The molecule has 1 aliphatic heterocycles. The highest BCUT2D eigenvalue weighted by atomic mass is 16.2. The predicted octanol–water partition coefficient (Wildman–Crippen LogP) is 3.53. The van der Waals surface area contributed by atoms with E-state index in [9.17, 15) is 9.59 Å². The molecule has 0 radical (unpaired) electrons. The lowest BCUT2D eigenvalue weighted by atomic mass is 10.0. The van der Waals surface area contributed by atoms with Crippen molar-refractivity contribution >= 4 is 17.5 Å². The van der Waals surface area contributed by atoms with Crippen molar-refractivity contribution in [3.63, 3.8) is 0 Å². The second-order valence-electron chi connectivity index (χ2n) is 6.84. The number of nitrogens with zero attached hydrogens (tertiary/aromatic N) is 1. The van der Waals surface area contributed by atoms with Gasteiger partial charge in [0.15, 0.2) is 0 Å². The molecule has 4 heteroatoms. The molecule has 0 bridgehead atoms. The Morgan fingerprint density at radius 3 is 2.56 bits per heavy atom. The molecule has 0 aromatic heterocycles. The van der Waals surface area contributed by atoms with Crippen molar-refractivity contribution in [1.29, 1.82) is 0 Å². The Labute approximate surface area is 148 Å². The molecular formula is C21H24N2O2. The van der Waals surface area contributed by atoms with Crippen LogP contribution in [0.3, 0.4) is 0 Å². The molecule has 2 amide bonds. The standard InChI is InChI=1S/C21H24N2O2/c1-14-9-10-19(15(2)11-14)23-13-18(12-20(23)24)21(25)22-16(3)17-7-5-4-6-8-17/h4-11,16,18H,12-13H2,1-3H3,(H,22,25)/t16-,18+/m0/s1. The number of carbonyl (C=O) groups excluding carboxylic acids is 2. The van der Waals surface area contributed by atoms with E-state index in [0.717, 1.165) is 16.8 Å². The summed E-state index contributed by atoms with van der Waals surface area (Å²) < 4.78 is 0. The lowest BCUT2D eigenvalue weighted by Crippen LogP contribution is -2.34. The van der Waals surface area contributed by atoms with Crippen LogP contribution in [0.15, 0.2) is 48.5 Å². The highest BCUT2D eigenvalue weighted by molar-refractivity contribution is 6.00. The van der Waals surface area contributed by atoms with Crippen molar-refractivity contribution in [2.45, 2.75) is 33.2 Å². The number of benzene rings is 2. The normalized spacial score (nSPS) is 18.3. The topological polar surface area (TPSA) is 49.4 Å². The number of aryl methyl sites for hydroxylation is 2. The number of rotatable bonds is 4. The summed E-state index contributed by atoms with van der Waals surface area (Å²) in [6.45, 7) is 6.44. The van der Waals surface area contributed by atoms with Crippen molar-refractivity contribution in [3.05, 3.63) is 65.2 Å². The molecule has 2 aromatic rings. The first-order valence-electron chi connectivity index (χ1n) is 8.68. The Kier molecular flexibility index (Phi) is 4.88. The Balaban J connectivity index is 1.68. The third kappa shape index (κ3) is 3.73. The number of anilines is 1. The van der Waals surface area contributed by atoms with Crippen molar-refractivity contribution < 1.29 is 9.59 Å². The molecule has 1 saturated heterocycles. The van der Waals surface area contributed by atoms with Gasteiger partial charge in [-0.1, -0.05) is 48.0 Å². The van der Waals surface area contributed by atoms with Crippen LogP contribution in [0.2, 0.25) is 0 Å². The van der Waals surface area contributed by atoms with E-state index in [-0.39, 0.29) is 30.2 Å². The molecule has 1 fully saturated rings. The van der Waals surface area contributed by atoms with Crippen molar-refractivity contribution in [2.75, 3.05) is 11.4 Å². The maximum Gasteiger partial charge on any atom is 0.227 e. The molecule has 130 valence electrons. The van der Waals surface area contributed by atoms with Gasteiger partial charge in [-0.05, 0) is 38.0 Å². The molecule has 1 aliphatic rings. The fraction of sp³-hybridized carbons (Fsp3) is 0.333. The lowest BCUT2D eigenvalue weighted by Gasteiger charge is -2.20. The number of hydrogen-bond donors (Lipinski definition) is 1. The van der Waals surface area contributed by atoms with Crippen LogP contribution in [0.5, 0.6) is 0 Å². The molecule has 1 N–H and O–H groups in total. The van der Waals surface area contributed by atoms with E-state index >= 15 is 0 Å². The highest BCUT2D eigenvalue weighted by Gasteiger charge is 2.36. The summed E-state index contributed by atoms with van der Waals surface area (Å²) in [7, 11) is 0. The summed E-state index contributed by atoms with van der Waals surface area (Å²) in [5.41, 5.74) is 4.19. The van der Waals surface area contributed by atoms with Gasteiger partial charge in [-0.25, -0.2) is 0 Å². The quantitative estimate of drug-likeness (QED) is 0.928. The largest absolute Gasteiger partial charge is 0.349 e. The van der Waals surface area contributed by atoms with Gasteiger partial charge in [0.05, 0.1) is 12.0 Å². The van der Waals surface area contributed by atoms with E-state index in [4.69, 9.17) is 0 Å². The van der Waals surface area contributed by atoms with Crippen LogP contribution in [-0.4, -0.2) is 18.4 Å². The van der Waals surface area contributed by atoms with Crippen molar-refractivity contribution in [3.8, 4) is 0 Å². The van der Waals surface area contributed by atoms with Crippen LogP contribution in [0.4, 0.5) is 5.69 Å². The predicted molar refractivity (Wildman–Crippen MR) is 99.4 cm³/mol. The van der Waals surface area contributed by atoms with Gasteiger partial charge >= 0.3 is 0 Å². The molecule has 1 heterocycles. The van der Waals surface area contributed by atoms with Gasteiger partial charge < -0.3 is 10.2 Å². The number of nitrogens with one attached hydrogen (secondary N) is 1. The molecule has 3 rings (SSSR count). The van der Waals surface area contributed by atoms with Crippen molar-refractivity contribution in [1.82, 2.24) is 5.32 Å². The number of carbonyl (C=O) groups is 2. The van der Waals surface area contributed by atoms with Crippen LogP contribution in [-0.2, 0) is 9.59 Å². The van der Waals surface area contributed by atoms with Gasteiger partial charge in [-0.2, -0.15) is 0 Å². The molecule has 0 saturated carbocycles. The first kappa shape index (κ1) is 17.2. The molecular weight excluding hydrogens is 312 g/mol. The third-order valence-corrected chi connectivity index (χ3v) is 4.80. The molecule has 0 aliphatic carbocycles. The molecule has 2 atom stereocenters.